The summed E-state index contributed by atoms with van der Waals surface area (Å²) in [5, 5.41) is 5.60. The molecule has 0 aliphatic carbocycles. The van der Waals surface area contributed by atoms with E-state index in [9.17, 15) is 14.4 Å². The first-order chi connectivity index (χ1) is 16.7. The highest BCUT2D eigenvalue weighted by atomic mass is 16.6. The van der Waals surface area contributed by atoms with Crippen LogP contribution >= 0.6 is 0 Å². The molecule has 0 heterocycles. The van der Waals surface area contributed by atoms with Crippen LogP contribution in [0.15, 0.2) is 42.5 Å². The number of ether oxygens (including phenoxy) is 2. The Kier molecular flexibility index (Phi) is 9.50. The van der Waals surface area contributed by atoms with Gasteiger partial charge in [-0.05, 0) is 75.9 Å². The lowest BCUT2D eigenvalue weighted by Gasteiger charge is -2.33. The third kappa shape index (κ3) is 7.73. The molecule has 0 aliphatic heterocycles. The highest BCUT2D eigenvalue weighted by Gasteiger charge is 2.36. The summed E-state index contributed by atoms with van der Waals surface area (Å²) in [6.45, 7) is 12.8. The number of anilines is 1. The van der Waals surface area contributed by atoms with E-state index in [4.69, 9.17) is 9.47 Å². The molecule has 2 aromatic carbocycles. The molecular formula is C28H39N3O5. The van der Waals surface area contributed by atoms with Crippen molar-refractivity contribution in [1.29, 1.82) is 0 Å². The third-order valence-electron chi connectivity index (χ3n) is 5.68. The van der Waals surface area contributed by atoms with Crippen LogP contribution in [0.3, 0.4) is 0 Å². The lowest BCUT2D eigenvalue weighted by Crippen LogP contribution is -2.53. The highest BCUT2D eigenvalue weighted by Crippen LogP contribution is 2.28. The summed E-state index contributed by atoms with van der Waals surface area (Å²) in [7, 11) is 3.15. The van der Waals surface area contributed by atoms with Gasteiger partial charge in [-0.25, -0.2) is 4.79 Å². The van der Waals surface area contributed by atoms with E-state index in [0.717, 1.165) is 11.1 Å². The van der Waals surface area contributed by atoms with Crippen LogP contribution < -0.4 is 15.4 Å². The van der Waals surface area contributed by atoms with Crippen molar-refractivity contribution >= 4 is 23.6 Å². The molecule has 8 nitrogen and oxygen atoms in total. The third-order valence-corrected chi connectivity index (χ3v) is 5.68. The molecule has 0 saturated heterocycles. The van der Waals surface area contributed by atoms with Crippen molar-refractivity contribution in [3.63, 3.8) is 0 Å². The number of alkyl carbamates (subject to hydrolysis) is 1. The van der Waals surface area contributed by atoms with Crippen LogP contribution in [-0.4, -0.2) is 48.6 Å². The number of likely N-dealkylation sites (N-methyl/N-ethyl adjacent to an activating group) is 1. The molecular weight excluding hydrogens is 458 g/mol. The summed E-state index contributed by atoms with van der Waals surface area (Å²) in [6, 6.07) is 10.9. The van der Waals surface area contributed by atoms with Gasteiger partial charge in [-0.3, -0.25) is 9.59 Å². The Morgan fingerprint density at radius 1 is 0.972 bits per heavy atom. The average molecular weight is 498 g/mol. The quantitative estimate of drug-likeness (QED) is 0.535. The van der Waals surface area contributed by atoms with Crippen LogP contribution in [0.4, 0.5) is 10.5 Å². The van der Waals surface area contributed by atoms with Crippen molar-refractivity contribution in [2.75, 3.05) is 19.5 Å². The van der Waals surface area contributed by atoms with Gasteiger partial charge in [0.2, 0.25) is 5.91 Å². The van der Waals surface area contributed by atoms with Gasteiger partial charge in [-0.1, -0.05) is 37.6 Å². The van der Waals surface area contributed by atoms with Crippen LogP contribution in [-0.2, 0) is 14.3 Å². The van der Waals surface area contributed by atoms with Gasteiger partial charge in [0.25, 0.3) is 5.91 Å². The van der Waals surface area contributed by atoms with Crippen molar-refractivity contribution in [3.8, 4) is 5.75 Å². The summed E-state index contributed by atoms with van der Waals surface area (Å²) in [6.07, 6.45) is -0.686. The number of carbonyl (C=O) groups is 3. The zero-order valence-corrected chi connectivity index (χ0v) is 22.8. The van der Waals surface area contributed by atoms with E-state index in [1.54, 1.807) is 59.2 Å². The van der Waals surface area contributed by atoms with Crippen molar-refractivity contribution < 1.29 is 23.9 Å². The Bertz CT molecular complexity index is 1070. The number of rotatable bonds is 8. The molecule has 2 atom stereocenters. The molecule has 0 saturated carbocycles. The molecule has 36 heavy (non-hydrogen) atoms. The average Bonchev–Trinajstić information content (AvgIpc) is 2.78. The van der Waals surface area contributed by atoms with Crippen LogP contribution in [0.2, 0.25) is 0 Å². The highest BCUT2D eigenvalue weighted by molar-refractivity contribution is 5.99. The zero-order chi connectivity index (χ0) is 27.2. The van der Waals surface area contributed by atoms with Gasteiger partial charge in [-0.15, -0.1) is 0 Å². The van der Waals surface area contributed by atoms with Crippen LogP contribution in [0, 0.1) is 19.8 Å². The summed E-state index contributed by atoms with van der Waals surface area (Å²) in [4.78, 5) is 41.2. The number of hydrogen-bond acceptors (Lipinski definition) is 5. The fourth-order valence-electron chi connectivity index (χ4n) is 3.76. The standard InChI is InChI=1S/C28H39N3O5/c1-17(2)23(30-27(34)36-28(5,6)7)26(33)31(8)24(22-16-18(3)10-11-19(22)4)25(32)29-20-12-14-21(35-9)15-13-20/h10-17,23-24H,1-9H3,(H,29,32)(H,30,34). The fourth-order valence-corrected chi connectivity index (χ4v) is 3.76. The number of nitrogens with one attached hydrogen (secondary N) is 2. The first-order valence-corrected chi connectivity index (χ1v) is 12.0. The van der Waals surface area contributed by atoms with Gasteiger partial charge in [0, 0.05) is 12.7 Å². The molecule has 2 unspecified atom stereocenters. The maximum atomic E-state index is 13.7. The summed E-state index contributed by atoms with van der Waals surface area (Å²) < 4.78 is 10.6. The molecule has 8 heteroatoms. The van der Waals surface area contributed by atoms with Crippen LogP contribution in [0.25, 0.3) is 0 Å². The van der Waals surface area contributed by atoms with Crippen molar-refractivity contribution in [2.24, 2.45) is 5.92 Å². The lowest BCUT2D eigenvalue weighted by atomic mass is 9.95. The largest absolute Gasteiger partial charge is 0.497 e. The van der Waals surface area contributed by atoms with E-state index in [2.05, 4.69) is 10.6 Å². The van der Waals surface area contributed by atoms with E-state index in [-0.39, 0.29) is 11.8 Å². The molecule has 0 aliphatic rings. The van der Waals surface area contributed by atoms with E-state index in [1.807, 2.05) is 45.9 Å². The van der Waals surface area contributed by atoms with Gasteiger partial charge >= 0.3 is 6.09 Å². The topological polar surface area (TPSA) is 97.0 Å². The second-order valence-corrected chi connectivity index (χ2v) is 10.3. The zero-order valence-electron chi connectivity index (χ0n) is 22.8. The number of hydrogen-bond donors (Lipinski definition) is 2. The first-order valence-electron chi connectivity index (χ1n) is 12.0. The molecule has 0 fully saturated rings. The Labute approximate surface area is 214 Å². The van der Waals surface area contributed by atoms with Crippen molar-refractivity contribution in [3.05, 3.63) is 59.2 Å². The molecule has 196 valence electrons. The number of carbonyl (C=O) groups excluding carboxylic acids is 3. The Morgan fingerprint density at radius 2 is 1.58 bits per heavy atom. The normalized spacial score (nSPS) is 12.9. The number of aryl methyl sites for hydroxylation is 2. The SMILES string of the molecule is COc1ccc(NC(=O)C(c2cc(C)ccc2C)N(C)C(=O)C(NC(=O)OC(C)(C)C)C(C)C)cc1. The monoisotopic (exact) mass is 497 g/mol. The molecule has 2 N–H and O–H groups in total. The minimum Gasteiger partial charge on any atom is -0.497 e. The predicted octanol–water partition coefficient (Wildman–Crippen LogP) is 5.00. The summed E-state index contributed by atoms with van der Waals surface area (Å²) >= 11 is 0. The lowest BCUT2D eigenvalue weighted by molar-refractivity contribution is -0.140. The minimum atomic E-state index is -0.929. The second-order valence-electron chi connectivity index (χ2n) is 10.3. The maximum absolute atomic E-state index is 13.7. The molecule has 0 radical (unpaired) electrons. The fraction of sp³-hybridized carbons (Fsp3) is 0.464. The first kappa shape index (κ1) is 28.7. The molecule has 0 bridgehead atoms. The van der Waals surface area contributed by atoms with Gasteiger partial charge in [-0.2, -0.15) is 0 Å². The minimum absolute atomic E-state index is 0.239. The molecule has 3 amide bonds. The van der Waals surface area contributed by atoms with Gasteiger partial charge < -0.3 is 25.0 Å². The number of methoxy groups -OCH3 is 1. The van der Waals surface area contributed by atoms with Crippen LogP contribution in [0.1, 0.15) is 57.4 Å². The molecule has 0 spiro atoms. The summed E-state index contributed by atoms with van der Waals surface area (Å²) in [5.74, 6) is -0.341. The number of amides is 3. The van der Waals surface area contributed by atoms with E-state index >= 15 is 0 Å². The Balaban J connectivity index is 2.41. The predicted molar refractivity (Wildman–Crippen MR) is 141 cm³/mol. The second kappa shape index (κ2) is 11.9. The number of nitrogens with zero attached hydrogens (tertiary/aromatic N) is 1. The molecule has 2 rings (SSSR count). The van der Waals surface area contributed by atoms with E-state index in [0.29, 0.717) is 17.0 Å². The van der Waals surface area contributed by atoms with Gasteiger partial charge in [0.1, 0.15) is 23.4 Å². The van der Waals surface area contributed by atoms with Crippen molar-refractivity contribution in [1.82, 2.24) is 10.2 Å². The summed E-state index contributed by atoms with van der Waals surface area (Å²) in [5.41, 5.74) is 2.41. The van der Waals surface area contributed by atoms with Gasteiger partial charge in [0.15, 0.2) is 0 Å². The van der Waals surface area contributed by atoms with Gasteiger partial charge in [0.05, 0.1) is 7.11 Å². The smallest absolute Gasteiger partial charge is 0.408 e. The Morgan fingerprint density at radius 3 is 2.11 bits per heavy atom. The molecule has 2 aromatic rings. The van der Waals surface area contributed by atoms with Crippen LogP contribution in [0.5, 0.6) is 5.75 Å². The van der Waals surface area contributed by atoms with Crippen molar-refractivity contribution in [2.45, 2.75) is 66.2 Å². The number of benzene rings is 2. The van der Waals surface area contributed by atoms with E-state index in [1.165, 1.54) is 4.90 Å². The van der Waals surface area contributed by atoms with E-state index < -0.39 is 29.7 Å². The molecule has 0 aromatic heterocycles. The Hall–Kier alpha value is -3.55. The maximum Gasteiger partial charge on any atom is 0.408 e.